The molecule has 0 N–H and O–H groups in total. The Labute approximate surface area is 164 Å². The fraction of sp³-hybridized carbons (Fsp3) is 0.238. The predicted octanol–water partition coefficient (Wildman–Crippen LogP) is 4.60. The van der Waals surface area contributed by atoms with E-state index in [1.165, 1.54) is 16.6 Å². The Kier molecular flexibility index (Phi) is 7.48. The van der Waals surface area contributed by atoms with Gasteiger partial charge in [0, 0.05) is 17.3 Å². The van der Waals surface area contributed by atoms with Crippen LogP contribution < -0.4 is 4.90 Å². The number of benzene rings is 2. The van der Waals surface area contributed by atoms with Crippen LogP contribution in [-0.2, 0) is 21.1 Å². The molecule has 1 aromatic heterocycles. The summed E-state index contributed by atoms with van der Waals surface area (Å²) in [6, 6.07) is 18.6. The van der Waals surface area contributed by atoms with E-state index < -0.39 is 0 Å². The minimum Gasteiger partial charge on any atom is -0.659 e. The summed E-state index contributed by atoms with van der Waals surface area (Å²) < 4.78 is 0. The molecule has 1 aliphatic rings. The van der Waals surface area contributed by atoms with Crippen LogP contribution in [0, 0.1) is 13.8 Å². The minimum absolute atomic E-state index is 0. The number of nitrogens with zero attached hydrogens (tertiary/aromatic N) is 3. The van der Waals surface area contributed by atoms with Gasteiger partial charge in [0.05, 0.1) is 5.52 Å². The van der Waals surface area contributed by atoms with Crippen molar-refractivity contribution in [1.29, 1.82) is 0 Å². The van der Waals surface area contributed by atoms with Gasteiger partial charge in [-0.2, -0.15) is 24.6 Å². The maximum absolute atomic E-state index is 4.39. The van der Waals surface area contributed by atoms with Gasteiger partial charge in [-0.05, 0) is 37.4 Å². The number of aryl methyl sites for hydroxylation is 1. The number of hydrogen-bond donors (Lipinski definition) is 0. The van der Waals surface area contributed by atoms with E-state index in [1.807, 2.05) is 24.4 Å². The smallest absolute Gasteiger partial charge is 0.659 e. The van der Waals surface area contributed by atoms with Crippen molar-refractivity contribution < 1.29 is 21.1 Å². The first-order valence-electron chi connectivity index (χ1n) is 8.34. The number of hydrogen-bond acceptors (Lipinski definition) is 2. The molecule has 1 aliphatic heterocycles. The van der Waals surface area contributed by atoms with Gasteiger partial charge < -0.3 is 10.2 Å². The van der Waals surface area contributed by atoms with Gasteiger partial charge in [-0.15, -0.1) is 24.7 Å². The molecule has 0 aliphatic carbocycles. The van der Waals surface area contributed by atoms with Gasteiger partial charge >= 0.3 is 21.1 Å². The van der Waals surface area contributed by atoms with Gasteiger partial charge in [0.1, 0.15) is 0 Å². The van der Waals surface area contributed by atoms with Crippen molar-refractivity contribution in [2.75, 3.05) is 31.1 Å². The van der Waals surface area contributed by atoms with Crippen molar-refractivity contribution in [1.82, 2.24) is 4.98 Å². The third-order valence-electron chi connectivity index (χ3n) is 4.10. The van der Waals surface area contributed by atoms with Crippen LogP contribution in [-0.4, -0.2) is 31.2 Å². The molecule has 4 heteroatoms. The molecule has 25 heavy (non-hydrogen) atoms. The van der Waals surface area contributed by atoms with E-state index >= 15 is 0 Å². The van der Waals surface area contributed by atoms with Crippen LogP contribution in [0.15, 0.2) is 60.8 Å². The van der Waals surface area contributed by atoms with E-state index in [0.717, 1.165) is 37.3 Å². The molecule has 128 valence electrons. The molecule has 0 unspecified atom stereocenters. The molecule has 0 radical (unpaired) electrons. The molecule has 0 saturated carbocycles. The molecule has 2 heterocycles. The van der Waals surface area contributed by atoms with E-state index in [4.69, 9.17) is 0 Å². The van der Waals surface area contributed by atoms with Crippen molar-refractivity contribution in [2.24, 2.45) is 0 Å². The van der Waals surface area contributed by atoms with E-state index in [0.29, 0.717) is 0 Å². The molecule has 3 aromatic rings. The molecule has 4 rings (SSSR count). The number of fused-ring (bicyclic) bond motifs is 1. The predicted molar refractivity (Wildman–Crippen MR) is 103 cm³/mol. The van der Waals surface area contributed by atoms with Crippen LogP contribution in [0.4, 0.5) is 5.69 Å². The van der Waals surface area contributed by atoms with Crippen molar-refractivity contribution in [3.05, 3.63) is 84.2 Å². The molecule has 0 spiro atoms. The Balaban J connectivity index is 0.000000214. The first kappa shape index (κ1) is 19.5. The number of aromatic nitrogens is 1. The summed E-state index contributed by atoms with van der Waals surface area (Å²) in [5, 5.41) is 5.62. The summed E-state index contributed by atoms with van der Waals surface area (Å²) in [6.07, 6.45) is 1.84. The maximum Gasteiger partial charge on any atom is 2.00 e. The summed E-state index contributed by atoms with van der Waals surface area (Å²) in [5.41, 5.74) is 4.73. The van der Waals surface area contributed by atoms with Gasteiger partial charge in [-0.1, -0.05) is 19.1 Å². The second kappa shape index (κ2) is 9.60. The number of piperazine rings is 1. The van der Waals surface area contributed by atoms with Gasteiger partial charge in [-0.25, -0.2) is 0 Å². The Morgan fingerprint density at radius 1 is 1.00 bits per heavy atom. The monoisotopic (exact) mass is 501 g/mol. The fourth-order valence-corrected chi connectivity index (χ4v) is 2.92. The van der Waals surface area contributed by atoms with Crippen LogP contribution in [0.25, 0.3) is 16.2 Å². The Hall–Kier alpha value is -1.83. The Bertz CT molecular complexity index is 775. The first-order valence-corrected chi connectivity index (χ1v) is 8.34. The molecule has 2 aromatic carbocycles. The standard InChI is InChI=1S/C13H14N3.C8H9.W/c1-4-12-11(3-2-6-15-12)13(5-1)16-9-7-14-8-10-16;1-7-4-3-5-8(2)6-7;/h1-6H,7-10H2;3-6H,1H2,2H3;/q2*-1;+2. The average Bonchev–Trinajstić information content (AvgIpc) is 2.62. The third kappa shape index (κ3) is 5.32. The van der Waals surface area contributed by atoms with Gasteiger partial charge in [0.25, 0.3) is 0 Å². The van der Waals surface area contributed by atoms with Crippen molar-refractivity contribution in [3.63, 3.8) is 0 Å². The van der Waals surface area contributed by atoms with E-state index in [-0.39, 0.29) is 21.1 Å². The quantitative estimate of drug-likeness (QED) is 0.457. The molecule has 0 atom stereocenters. The summed E-state index contributed by atoms with van der Waals surface area (Å²) in [5.74, 6) is 0. The zero-order valence-electron chi connectivity index (χ0n) is 14.6. The average molecular weight is 501 g/mol. The maximum atomic E-state index is 4.39. The second-order valence-corrected chi connectivity index (χ2v) is 5.99. The molecule has 1 saturated heterocycles. The van der Waals surface area contributed by atoms with E-state index in [9.17, 15) is 0 Å². The van der Waals surface area contributed by atoms with Gasteiger partial charge in [-0.3, -0.25) is 4.98 Å². The van der Waals surface area contributed by atoms with Crippen LogP contribution in [0.2, 0.25) is 0 Å². The summed E-state index contributed by atoms with van der Waals surface area (Å²) in [7, 11) is 0. The molecule has 0 bridgehead atoms. The molecular formula is C21H23N3W. The SMILES string of the molecule is [CH2-]c1cccc(C)c1.[W+2].c1cc(N2CC[N-]CC2)c2cccnc2c1. The largest absolute Gasteiger partial charge is 2.00 e. The van der Waals surface area contributed by atoms with Gasteiger partial charge in [0.15, 0.2) is 0 Å². The Morgan fingerprint density at radius 2 is 1.76 bits per heavy atom. The summed E-state index contributed by atoms with van der Waals surface area (Å²) in [6.45, 7) is 9.77. The van der Waals surface area contributed by atoms with Crippen LogP contribution in [0.1, 0.15) is 11.1 Å². The number of rotatable bonds is 1. The summed E-state index contributed by atoms with van der Waals surface area (Å²) >= 11 is 0. The molecule has 0 amide bonds. The van der Waals surface area contributed by atoms with Crippen LogP contribution in [0.3, 0.4) is 0 Å². The normalized spacial score (nSPS) is 13.6. The van der Waals surface area contributed by atoms with Gasteiger partial charge in [0.2, 0.25) is 0 Å². The zero-order valence-corrected chi connectivity index (χ0v) is 17.5. The fourth-order valence-electron chi connectivity index (χ4n) is 2.92. The Morgan fingerprint density at radius 3 is 2.44 bits per heavy atom. The number of anilines is 1. The second-order valence-electron chi connectivity index (χ2n) is 5.99. The van der Waals surface area contributed by atoms with Crippen LogP contribution in [0.5, 0.6) is 0 Å². The van der Waals surface area contributed by atoms with Crippen molar-refractivity contribution in [3.8, 4) is 0 Å². The molecular weight excluding hydrogens is 478 g/mol. The topological polar surface area (TPSA) is 30.2 Å². The minimum atomic E-state index is 0. The first-order chi connectivity index (χ1) is 11.7. The van der Waals surface area contributed by atoms with E-state index in [2.05, 4.69) is 65.4 Å². The van der Waals surface area contributed by atoms with Crippen molar-refractivity contribution in [2.45, 2.75) is 6.92 Å². The number of pyridine rings is 1. The summed E-state index contributed by atoms with van der Waals surface area (Å²) in [4.78, 5) is 6.79. The zero-order chi connectivity index (χ0) is 16.8. The van der Waals surface area contributed by atoms with Crippen molar-refractivity contribution >= 4 is 16.6 Å². The third-order valence-corrected chi connectivity index (χ3v) is 4.10. The van der Waals surface area contributed by atoms with E-state index in [1.54, 1.807) is 0 Å². The van der Waals surface area contributed by atoms with Crippen LogP contribution >= 0.6 is 0 Å². The molecule has 3 nitrogen and oxygen atoms in total. The molecule has 1 fully saturated rings.